The third-order valence-electron chi connectivity index (χ3n) is 4.41. The van der Waals surface area contributed by atoms with E-state index in [0.29, 0.717) is 19.4 Å². The molecule has 0 bridgehead atoms. The number of rotatable bonds is 3. The van der Waals surface area contributed by atoms with Crippen LogP contribution in [-0.4, -0.2) is 23.6 Å². The molecule has 3 atom stereocenters. The number of benzene rings is 1. The Bertz CT molecular complexity index is 557. The Morgan fingerprint density at radius 1 is 1.19 bits per heavy atom. The summed E-state index contributed by atoms with van der Waals surface area (Å²) in [7, 11) is 0. The fourth-order valence-electron chi connectivity index (χ4n) is 3.22. The zero-order valence-electron chi connectivity index (χ0n) is 11.7. The normalized spacial score (nSPS) is 27.5. The van der Waals surface area contributed by atoms with Gasteiger partial charge in [-0.3, -0.25) is 9.59 Å². The molecule has 0 unspecified atom stereocenters. The summed E-state index contributed by atoms with van der Waals surface area (Å²) in [5.74, 6) is -0.614. The van der Waals surface area contributed by atoms with E-state index in [4.69, 9.17) is 9.84 Å². The first-order valence-corrected chi connectivity index (χ1v) is 7.40. The number of para-hydroxylation sites is 1. The number of fused-ring (bicyclic) bond motifs is 1. The predicted octanol–water partition coefficient (Wildman–Crippen LogP) is 2.13. The van der Waals surface area contributed by atoms with Crippen molar-refractivity contribution in [3.63, 3.8) is 0 Å². The van der Waals surface area contributed by atoms with E-state index in [0.717, 1.165) is 24.2 Å². The number of nitrogens with one attached hydrogen (secondary N) is 1. The van der Waals surface area contributed by atoms with E-state index in [-0.39, 0.29) is 23.8 Å². The van der Waals surface area contributed by atoms with Crippen molar-refractivity contribution in [2.75, 3.05) is 6.61 Å². The molecule has 1 amide bonds. The van der Waals surface area contributed by atoms with E-state index in [9.17, 15) is 9.59 Å². The molecule has 1 aliphatic carbocycles. The first-order chi connectivity index (χ1) is 10.1. The van der Waals surface area contributed by atoms with Gasteiger partial charge in [-0.1, -0.05) is 24.6 Å². The SMILES string of the molecule is O=C(O)[C@@H]1CCC[C@H](C(=O)N[C@H]2COc3ccccc32)C1. The highest BCUT2D eigenvalue weighted by atomic mass is 16.5. The summed E-state index contributed by atoms with van der Waals surface area (Å²) in [5.41, 5.74) is 0.997. The van der Waals surface area contributed by atoms with Crippen molar-refractivity contribution in [3.8, 4) is 5.75 Å². The molecule has 1 aromatic carbocycles. The van der Waals surface area contributed by atoms with Gasteiger partial charge in [0.1, 0.15) is 12.4 Å². The molecule has 1 aliphatic heterocycles. The zero-order chi connectivity index (χ0) is 14.8. The van der Waals surface area contributed by atoms with Crippen LogP contribution in [-0.2, 0) is 9.59 Å². The van der Waals surface area contributed by atoms with E-state index in [1.54, 1.807) is 0 Å². The highest BCUT2D eigenvalue weighted by Crippen LogP contribution is 2.33. The molecule has 1 aromatic rings. The summed E-state index contributed by atoms with van der Waals surface area (Å²) in [6, 6.07) is 7.55. The van der Waals surface area contributed by atoms with E-state index in [2.05, 4.69) is 5.32 Å². The van der Waals surface area contributed by atoms with E-state index in [1.807, 2.05) is 24.3 Å². The number of carboxylic acid groups (broad SMARTS) is 1. The summed E-state index contributed by atoms with van der Waals surface area (Å²) in [6.45, 7) is 0.445. The number of hydrogen-bond donors (Lipinski definition) is 2. The molecule has 1 fully saturated rings. The van der Waals surface area contributed by atoms with Gasteiger partial charge in [0.05, 0.1) is 12.0 Å². The Labute approximate surface area is 123 Å². The van der Waals surface area contributed by atoms with Crippen LogP contribution in [0.4, 0.5) is 0 Å². The maximum atomic E-state index is 12.4. The van der Waals surface area contributed by atoms with E-state index >= 15 is 0 Å². The van der Waals surface area contributed by atoms with Crippen molar-refractivity contribution >= 4 is 11.9 Å². The van der Waals surface area contributed by atoms with Crippen LogP contribution in [0.2, 0.25) is 0 Å². The average Bonchev–Trinajstić information content (AvgIpc) is 2.91. The lowest BCUT2D eigenvalue weighted by molar-refractivity contribution is -0.144. The van der Waals surface area contributed by atoms with Gasteiger partial charge in [-0.2, -0.15) is 0 Å². The van der Waals surface area contributed by atoms with Gasteiger partial charge in [0.25, 0.3) is 0 Å². The number of aliphatic carboxylic acids is 1. The minimum Gasteiger partial charge on any atom is -0.491 e. The largest absolute Gasteiger partial charge is 0.491 e. The summed E-state index contributed by atoms with van der Waals surface area (Å²) in [6.07, 6.45) is 2.68. The van der Waals surface area contributed by atoms with Gasteiger partial charge in [0.2, 0.25) is 5.91 Å². The fourth-order valence-corrected chi connectivity index (χ4v) is 3.22. The average molecular weight is 289 g/mol. The molecule has 5 nitrogen and oxygen atoms in total. The minimum atomic E-state index is -0.790. The van der Waals surface area contributed by atoms with Crippen molar-refractivity contribution in [3.05, 3.63) is 29.8 Å². The quantitative estimate of drug-likeness (QED) is 0.893. The lowest BCUT2D eigenvalue weighted by Crippen LogP contribution is -2.38. The highest BCUT2D eigenvalue weighted by Gasteiger charge is 2.33. The second-order valence-electron chi connectivity index (χ2n) is 5.81. The van der Waals surface area contributed by atoms with E-state index in [1.165, 1.54) is 0 Å². The Morgan fingerprint density at radius 2 is 1.95 bits per heavy atom. The first kappa shape index (κ1) is 13.9. The zero-order valence-corrected chi connectivity index (χ0v) is 11.7. The number of ether oxygens (including phenoxy) is 1. The maximum Gasteiger partial charge on any atom is 0.306 e. The summed E-state index contributed by atoms with van der Waals surface area (Å²) in [4.78, 5) is 23.5. The molecule has 0 radical (unpaired) electrons. The smallest absolute Gasteiger partial charge is 0.306 e. The van der Waals surface area contributed by atoms with Crippen molar-refractivity contribution in [1.29, 1.82) is 0 Å². The van der Waals surface area contributed by atoms with Gasteiger partial charge < -0.3 is 15.2 Å². The Hall–Kier alpha value is -2.04. The van der Waals surface area contributed by atoms with Gasteiger partial charge in [-0.25, -0.2) is 0 Å². The third-order valence-corrected chi connectivity index (χ3v) is 4.41. The van der Waals surface area contributed by atoms with Crippen LogP contribution >= 0.6 is 0 Å². The number of carbonyl (C=O) groups excluding carboxylic acids is 1. The van der Waals surface area contributed by atoms with Gasteiger partial charge in [0.15, 0.2) is 0 Å². The molecule has 5 heteroatoms. The predicted molar refractivity (Wildman–Crippen MR) is 75.9 cm³/mol. The third kappa shape index (κ3) is 2.86. The fraction of sp³-hybridized carbons (Fsp3) is 0.500. The van der Waals surface area contributed by atoms with E-state index < -0.39 is 5.97 Å². The molecule has 3 rings (SSSR count). The summed E-state index contributed by atoms with van der Waals surface area (Å²) in [5, 5.41) is 12.1. The van der Waals surface area contributed by atoms with Crippen molar-refractivity contribution in [2.45, 2.75) is 31.7 Å². The molecule has 2 aliphatic rings. The standard InChI is InChI=1S/C16H19NO4/c18-15(10-4-3-5-11(8-10)16(19)20)17-13-9-21-14-7-2-1-6-12(13)14/h1-2,6-7,10-11,13H,3-5,8-9H2,(H,17,18)(H,19,20)/t10-,11+,13-/m0/s1. The molecule has 2 N–H and O–H groups in total. The van der Waals surface area contributed by atoms with Crippen molar-refractivity contribution < 1.29 is 19.4 Å². The molecule has 112 valence electrons. The van der Waals surface area contributed by atoms with Gasteiger partial charge in [-0.15, -0.1) is 0 Å². The lowest BCUT2D eigenvalue weighted by atomic mass is 9.81. The number of amides is 1. The molecule has 0 saturated heterocycles. The van der Waals surface area contributed by atoms with Crippen LogP contribution in [0.3, 0.4) is 0 Å². The van der Waals surface area contributed by atoms with Crippen molar-refractivity contribution in [1.82, 2.24) is 5.32 Å². The van der Waals surface area contributed by atoms with Gasteiger partial charge >= 0.3 is 5.97 Å². The maximum absolute atomic E-state index is 12.4. The lowest BCUT2D eigenvalue weighted by Gasteiger charge is -2.26. The van der Waals surface area contributed by atoms with Crippen LogP contribution in [0.15, 0.2) is 24.3 Å². The van der Waals surface area contributed by atoms with Gasteiger partial charge in [-0.05, 0) is 25.3 Å². The van der Waals surface area contributed by atoms with Crippen LogP contribution in [0.5, 0.6) is 5.75 Å². The van der Waals surface area contributed by atoms with Gasteiger partial charge in [0, 0.05) is 11.5 Å². The molecular weight excluding hydrogens is 270 g/mol. The second-order valence-corrected chi connectivity index (χ2v) is 5.81. The molecule has 21 heavy (non-hydrogen) atoms. The van der Waals surface area contributed by atoms with Crippen LogP contribution < -0.4 is 10.1 Å². The minimum absolute atomic E-state index is 0.0498. The highest BCUT2D eigenvalue weighted by molar-refractivity contribution is 5.80. The molecule has 0 aromatic heterocycles. The van der Waals surface area contributed by atoms with Crippen molar-refractivity contribution in [2.24, 2.45) is 11.8 Å². The van der Waals surface area contributed by atoms with Crippen LogP contribution in [0, 0.1) is 11.8 Å². The monoisotopic (exact) mass is 289 g/mol. The molecule has 1 heterocycles. The Kier molecular flexibility index (Phi) is 3.82. The number of hydrogen-bond acceptors (Lipinski definition) is 3. The summed E-state index contributed by atoms with van der Waals surface area (Å²) < 4.78 is 5.55. The Morgan fingerprint density at radius 3 is 2.76 bits per heavy atom. The molecule has 0 spiro atoms. The summed E-state index contributed by atoms with van der Waals surface area (Å²) >= 11 is 0. The Balaban J connectivity index is 1.63. The topological polar surface area (TPSA) is 75.6 Å². The van der Waals surface area contributed by atoms with Crippen LogP contribution in [0.25, 0.3) is 0 Å². The molecule has 1 saturated carbocycles. The number of carboxylic acids is 1. The van der Waals surface area contributed by atoms with Crippen LogP contribution in [0.1, 0.15) is 37.3 Å². The first-order valence-electron chi connectivity index (χ1n) is 7.40. The number of carbonyl (C=O) groups is 2. The second kappa shape index (κ2) is 5.76. The molecular formula is C16H19NO4.